The van der Waals surface area contributed by atoms with Crippen molar-refractivity contribution in [3.05, 3.63) is 33.4 Å². The van der Waals surface area contributed by atoms with Crippen LogP contribution in [0, 0.1) is 0 Å². The van der Waals surface area contributed by atoms with Gasteiger partial charge in [-0.2, -0.15) is 4.98 Å². The van der Waals surface area contributed by atoms with E-state index in [0.29, 0.717) is 0 Å². The Hall–Kier alpha value is -2.63. The van der Waals surface area contributed by atoms with Crippen LogP contribution in [0.5, 0.6) is 0 Å². The summed E-state index contributed by atoms with van der Waals surface area (Å²) >= 11 is 7.90. The van der Waals surface area contributed by atoms with Crippen molar-refractivity contribution in [3.63, 3.8) is 0 Å². The molecule has 2 unspecified atom stereocenters. The minimum Gasteiger partial charge on any atom is -0.369 e. The van der Waals surface area contributed by atoms with Crippen LogP contribution in [0.25, 0.3) is 11.2 Å². The number of ether oxygens (including phenoxy) is 2. The molecule has 20 nitrogen and oxygen atoms in total. The Morgan fingerprint density at radius 2 is 1.64 bits per heavy atom. The zero-order chi connectivity index (χ0) is 31.8. The Bertz CT molecular complexity index is 1870. The molecule has 0 spiro atoms. The van der Waals surface area contributed by atoms with Gasteiger partial charge in [-0.15, -0.1) is 5.53 Å². The van der Waals surface area contributed by atoms with Crippen molar-refractivity contribution in [1.82, 2.24) is 35.0 Å². The summed E-state index contributed by atoms with van der Waals surface area (Å²) in [5.41, 5.74) is 9.17. The second-order valence-electron chi connectivity index (χ2n) is 10.0. The molecule has 3 fully saturated rings. The number of aromatic amines is 2. The Kier molecular flexibility index (Phi) is 7.76. The summed E-state index contributed by atoms with van der Waals surface area (Å²) in [6.07, 6.45) is -11.6. The highest BCUT2D eigenvalue weighted by Crippen LogP contribution is 2.60. The highest BCUT2D eigenvalue weighted by atomic mass is 32.7. The summed E-state index contributed by atoms with van der Waals surface area (Å²) in [7, 11) is 0. The van der Waals surface area contributed by atoms with E-state index < -0.39 is 87.1 Å². The van der Waals surface area contributed by atoms with Crippen molar-refractivity contribution in [2.24, 2.45) is 0 Å². The second kappa shape index (κ2) is 11.3. The SMILES string of the molecule is Nc1nc2c(ncn2[C@@H]2O[C@@H]3COP(=O)(S)O[C@H]4[C@H](F)[C@H](N5NNc6c5nc[nH]c6=O)O[C@@H]4COP(=O)(S)O[C@@H]2[C@H]3F)c(=O)[nH]1. The van der Waals surface area contributed by atoms with E-state index in [1.54, 1.807) is 0 Å². The smallest absolute Gasteiger partial charge is 0.369 e. The molecule has 0 aromatic carbocycles. The number of halogens is 2. The molecule has 0 radical (unpaired) electrons. The lowest BCUT2D eigenvalue weighted by molar-refractivity contribution is -0.0520. The summed E-state index contributed by atoms with van der Waals surface area (Å²) in [5, 5.41) is 1.05. The van der Waals surface area contributed by atoms with Crippen LogP contribution >= 0.6 is 38.1 Å². The van der Waals surface area contributed by atoms with E-state index in [1.807, 2.05) is 0 Å². The van der Waals surface area contributed by atoms with Crippen molar-refractivity contribution in [2.45, 2.75) is 49.2 Å². The van der Waals surface area contributed by atoms with E-state index in [0.717, 1.165) is 22.2 Å². The number of hydrogen-bond acceptors (Lipinski definition) is 17. The van der Waals surface area contributed by atoms with Gasteiger partial charge in [0.05, 0.1) is 25.9 Å². The first-order valence-corrected chi connectivity index (χ1v) is 18.2. The highest BCUT2D eigenvalue weighted by Gasteiger charge is 2.55. The van der Waals surface area contributed by atoms with Crippen LogP contribution < -0.4 is 32.8 Å². The van der Waals surface area contributed by atoms with E-state index in [-0.39, 0.29) is 28.6 Å². The third kappa shape index (κ3) is 5.56. The Morgan fingerprint density at radius 3 is 2.40 bits per heavy atom. The number of imidazole rings is 1. The summed E-state index contributed by atoms with van der Waals surface area (Å²) in [6.45, 7) is -10.5. The topological polar surface area (TPSA) is 252 Å². The quantitative estimate of drug-likeness (QED) is 0.139. The van der Waals surface area contributed by atoms with Gasteiger partial charge in [0.1, 0.15) is 24.4 Å². The second-order valence-corrected chi connectivity index (χ2v) is 15.8. The van der Waals surface area contributed by atoms with E-state index in [2.05, 4.69) is 60.4 Å². The third-order valence-corrected chi connectivity index (χ3v) is 10.4. The predicted molar refractivity (Wildman–Crippen MR) is 154 cm³/mol. The summed E-state index contributed by atoms with van der Waals surface area (Å²) in [4.78, 5) is 41.0. The lowest BCUT2D eigenvalue weighted by atomic mass is 10.1. The molecule has 0 amide bonds. The van der Waals surface area contributed by atoms with Crippen molar-refractivity contribution < 1.29 is 45.5 Å². The zero-order valence-corrected chi connectivity index (χ0v) is 25.7. The van der Waals surface area contributed by atoms with Gasteiger partial charge in [0.2, 0.25) is 5.95 Å². The molecule has 0 aliphatic carbocycles. The van der Waals surface area contributed by atoms with Gasteiger partial charge in [-0.1, -0.05) is 24.5 Å². The van der Waals surface area contributed by atoms with Gasteiger partial charge in [-0.25, -0.2) is 32.9 Å². The number of H-pyrrole nitrogens is 2. The zero-order valence-electron chi connectivity index (χ0n) is 22.1. The normalized spacial score (nSPS) is 38.6. The number of nitrogens with zero attached hydrogens (tertiary/aromatic N) is 5. The molecule has 26 heteroatoms. The number of fused-ring (bicyclic) bond motifs is 5. The summed E-state index contributed by atoms with van der Waals surface area (Å²) < 4.78 is 92.7. The number of nitrogens with one attached hydrogen (secondary N) is 4. The van der Waals surface area contributed by atoms with Crippen LogP contribution in [0.4, 0.5) is 26.2 Å². The number of hydrogen-bond donors (Lipinski definition) is 7. The van der Waals surface area contributed by atoms with E-state index in [9.17, 15) is 18.7 Å². The Balaban J connectivity index is 1.19. The molecule has 7 rings (SSSR count). The summed E-state index contributed by atoms with van der Waals surface area (Å²) in [6, 6.07) is 0. The standard InChI is InChI=1S/C19H22F2N10O10P2S2/c20-7-5-1-36-42(34,44)40-11-6(39-17(8(11)21)31-13-10(28-29-31)15(32)24-3-23-13)2-37-43(35,45)41-12(7)18(38-5)30-4-25-9-14(30)26-19(22)27-16(9)33/h3-8,11-12,17-18,28-29H,1-2H2,(H,34,44)(H,35,45)(H,23,24,32)(H3,22,26,27,33)/t5-,6-,7+,8+,11-,12-,17-,18-,42?,43?/m1/s1. The van der Waals surface area contributed by atoms with Crippen LogP contribution in [0.15, 0.2) is 22.2 Å². The molecule has 7 heterocycles. The maximum atomic E-state index is 15.9. The van der Waals surface area contributed by atoms with Crippen LogP contribution in [-0.4, -0.2) is 85.7 Å². The highest BCUT2D eigenvalue weighted by molar-refractivity contribution is 8.44. The molecule has 3 saturated heterocycles. The molecule has 3 aromatic heterocycles. The predicted octanol–water partition coefficient (Wildman–Crippen LogP) is 0.328. The van der Waals surface area contributed by atoms with Gasteiger partial charge in [0.15, 0.2) is 47.5 Å². The number of nitrogens with two attached hydrogens (primary N) is 1. The molecule has 4 aliphatic rings. The van der Waals surface area contributed by atoms with Crippen molar-refractivity contribution in [2.75, 3.05) is 29.4 Å². The molecule has 6 N–H and O–H groups in total. The Labute approximate surface area is 259 Å². The number of rotatable bonds is 2. The first-order valence-electron chi connectivity index (χ1n) is 12.8. The number of thiol groups is 2. The fraction of sp³-hybridized carbons (Fsp3) is 0.526. The molecular weight excluding hydrogens is 692 g/mol. The number of hydrazine groups is 2. The number of anilines is 3. The molecular formula is C19H22F2N10O10P2S2. The van der Waals surface area contributed by atoms with Crippen LogP contribution in [0.2, 0.25) is 0 Å². The molecule has 10 atom stereocenters. The lowest BCUT2D eigenvalue weighted by Gasteiger charge is -2.26. The molecule has 45 heavy (non-hydrogen) atoms. The van der Waals surface area contributed by atoms with Crippen molar-refractivity contribution in [3.8, 4) is 0 Å². The fourth-order valence-electron chi connectivity index (χ4n) is 5.20. The van der Waals surface area contributed by atoms with Gasteiger partial charge in [0, 0.05) is 0 Å². The number of nitrogen functional groups attached to an aromatic ring is 1. The van der Waals surface area contributed by atoms with Gasteiger partial charge in [-0.05, 0) is 0 Å². The molecule has 0 saturated carbocycles. The lowest BCUT2D eigenvalue weighted by Crippen LogP contribution is -2.49. The average Bonchev–Trinajstić information content (AvgIpc) is 3.72. The monoisotopic (exact) mass is 714 g/mol. The minimum absolute atomic E-state index is 0.0337. The van der Waals surface area contributed by atoms with E-state index in [1.165, 1.54) is 0 Å². The summed E-state index contributed by atoms with van der Waals surface area (Å²) in [5.74, 6) is -0.310. The molecule has 3 aromatic rings. The van der Waals surface area contributed by atoms with Crippen LogP contribution in [0.1, 0.15) is 6.23 Å². The van der Waals surface area contributed by atoms with Crippen molar-refractivity contribution in [1.29, 1.82) is 0 Å². The molecule has 244 valence electrons. The van der Waals surface area contributed by atoms with Crippen LogP contribution in [0.3, 0.4) is 0 Å². The number of alkyl halides is 2. The number of aromatic nitrogens is 6. The minimum atomic E-state index is -4.52. The fourth-order valence-corrected chi connectivity index (χ4v) is 8.13. The first kappa shape index (κ1) is 31.0. The van der Waals surface area contributed by atoms with Crippen LogP contribution in [-0.2, 0) is 36.7 Å². The van der Waals surface area contributed by atoms with Crippen molar-refractivity contribution >= 4 is 66.7 Å². The van der Waals surface area contributed by atoms with Gasteiger partial charge in [-0.3, -0.25) is 42.7 Å². The largest absolute Gasteiger partial charge is 0.386 e. The maximum absolute atomic E-state index is 15.9. The van der Waals surface area contributed by atoms with E-state index in [4.69, 9.17) is 33.3 Å². The van der Waals surface area contributed by atoms with E-state index >= 15 is 8.78 Å². The molecule has 4 aliphatic heterocycles. The molecule has 2 bridgehead atoms. The first-order chi connectivity index (χ1) is 21.3. The van der Waals surface area contributed by atoms with Gasteiger partial charge < -0.3 is 20.2 Å². The van der Waals surface area contributed by atoms with Gasteiger partial charge in [0.25, 0.3) is 11.1 Å². The average molecular weight is 715 g/mol. The van der Waals surface area contributed by atoms with Gasteiger partial charge >= 0.3 is 13.6 Å². The maximum Gasteiger partial charge on any atom is 0.386 e. The Morgan fingerprint density at radius 1 is 0.956 bits per heavy atom. The third-order valence-electron chi connectivity index (χ3n) is 7.19.